The Hall–Kier alpha value is -2.50. The van der Waals surface area contributed by atoms with E-state index in [9.17, 15) is 0 Å². The normalized spacial score (nSPS) is 12.8. The molecule has 0 saturated carbocycles. The molecule has 0 spiro atoms. The van der Waals surface area contributed by atoms with Crippen molar-refractivity contribution in [1.82, 2.24) is 15.8 Å². The number of rotatable bonds is 7. The molecule has 0 aliphatic rings. The Morgan fingerprint density at radius 3 is 2.68 bits per heavy atom. The lowest BCUT2D eigenvalue weighted by Crippen LogP contribution is -2.39. The Bertz CT molecular complexity index is 690. The summed E-state index contributed by atoms with van der Waals surface area (Å²) in [6, 6.07) is 7.93. The van der Waals surface area contributed by atoms with Crippen LogP contribution in [0.2, 0.25) is 0 Å². The third kappa shape index (κ3) is 4.98. The van der Waals surface area contributed by atoms with Gasteiger partial charge in [-0.05, 0) is 26.8 Å². The third-order valence-corrected chi connectivity index (χ3v) is 4.10. The molecule has 1 aromatic carbocycles. The molecule has 0 radical (unpaired) electrons. The van der Waals surface area contributed by atoms with Gasteiger partial charge in [0.25, 0.3) is 0 Å². The van der Waals surface area contributed by atoms with Gasteiger partial charge in [0, 0.05) is 30.1 Å². The molecular formula is C19H28N4O2. The van der Waals surface area contributed by atoms with Gasteiger partial charge in [0.15, 0.2) is 5.96 Å². The van der Waals surface area contributed by atoms with Crippen molar-refractivity contribution < 1.29 is 9.26 Å². The topological polar surface area (TPSA) is 71.7 Å². The maximum Gasteiger partial charge on any atom is 0.191 e. The summed E-state index contributed by atoms with van der Waals surface area (Å²) in [6.45, 7) is 10.2. The Morgan fingerprint density at radius 2 is 2.04 bits per heavy atom. The number of nitrogens with one attached hydrogen (secondary N) is 2. The van der Waals surface area contributed by atoms with Crippen molar-refractivity contribution in [2.45, 2.75) is 40.2 Å². The second-order valence-corrected chi connectivity index (χ2v) is 6.03. The van der Waals surface area contributed by atoms with Gasteiger partial charge >= 0.3 is 0 Å². The zero-order valence-corrected chi connectivity index (χ0v) is 15.7. The van der Waals surface area contributed by atoms with Crippen molar-refractivity contribution >= 4 is 5.96 Å². The van der Waals surface area contributed by atoms with Crippen LogP contribution in [0.1, 0.15) is 42.3 Å². The van der Waals surface area contributed by atoms with Gasteiger partial charge in [-0.2, -0.15) is 0 Å². The molecule has 1 atom stereocenters. The quantitative estimate of drug-likeness (QED) is 0.596. The molecule has 0 saturated heterocycles. The van der Waals surface area contributed by atoms with Gasteiger partial charge in [0.1, 0.15) is 11.5 Å². The molecule has 1 aromatic heterocycles. The van der Waals surface area contributed by atoms with Gasteiger partial charge in [0.2, 0.25) is 0 Å². The summed E-state index contributed by atoms with van der Waals surface area (Å²) in [5.41, 5.74) is 3.16. The lowest BCUT2D eigenvalue weighted by atomic mass is 10.00. The minimum atomic E-state index is 0.279. The Balaban J connectivity index is 2.02. The summed E-state index contributed by atoms with van der Waals surface area (Å²) >= 11 is 0. The number of benzene rings is 1. The average Bonchev–Trinajstić information content (AvgIpc) is 2.96. The van der Waals surface area contributed by atoms with E-state index in [1.165, 1.54) is 0 Å². The van der Waals surface area contributed by atoms with Gasteiger partial charge < -0.3 is 19.9 Å². The molecule has 2 rings (SSSR count). The summed E-state index contributed by atoms with van der Waals surface area (Å²) in [6.07, 6.45) is 0. The first kappa shape index (κ1) is 18.8. The monoisotopic (exact) mass is 344 g/mol. The molecular weight excluding hydrogens is 316 g/mol. The summed E-state index contributed by atoms with van der Waals surface area (Å²) < 4.78 is 10.6. The van der Waals surface area contributed by atoms with E-state index in [0.717, 1.165) is 47.4 Å². The van der Waals surface area contributed by atoms with E-state index in [0.29, 0.717) is 6.54 Å². The standard InChI is InChI=1S/C19H28N4O2/c1-6-20-19(22-12-16-9-7-8-10-17(16)24-5)21-11-13(2)18-14(3)23-25-15(18)4/h7-10,13H,6,11-12H2,1-5H3,(H2,20,21,22). The summed E-state index contributed by atoms with van der Waals surface area (Å²) in [7, 11) is 1.68. The lowest BCUT2D eigenvalue weighted by Gasteiger charge is -2.16. The number of ether oxygens (including phenoxy) is 1. The molecule has 1 unspecified atom stereocenters. The van der Waals surface area contributed by atoms with Crippen LogP contribution in [0.25, 0.3) is 0 Å². The summed E-state index contributed by atoms with van der Waals surface area (Å²) in [5, 5.41) is 10.7. The van der Waals surface area contributed by atoms with Crippen molar-refractivity contribution in [3.8, 4) is 5.75 Å². The SMILES string of the molecule is CCNC(=NCc1ccccc1OC)NCC(C)c1c(C)noc1C. The Morgan fingerprint density at radius 1 is 1.28 bits per heavy atom. The largest absolute Gasteiger partial charge is 0.496 e. The second kappa shape index (κ2) is 9.11. The fourth-order valence-electron chi connectivity index (χ4n) is 2.89. The number of methoxy groups -OCH3 is 1. The number of hydrogen-bond acceptors (Lipinski definition) is 4. The van der Waals surface area contributed by atoms with E-state index in [2.05, 4.69) is 34.6 Å². The highest BCUT2D eigenvalue weighted by atomic mass is 16.5. The first-order chi connectivity index (χ1) is 12.1. The van der Waals surface area contributed by atoms with E-state index in [-0.39, 0.29) is 5.92 Å². The first-order valence-electron chi connectivity index (χ1n) is 8.63. The fourth-order valence-corrected chi connectivity index (χ4v) is 2.89. The molecule has 2 aromatic rings. The number of aryl methyl sites for hydroxylation is 2. The third-order valence-electron chi connectivity index (χ3n) is 4.10. The molecule has 0 aliphatic heterocycles. The van der Waals surface area contributed by atoms with E-state index < -0.39 is 0 Å². The van der Waals surface area contributed by atoms with Crippen LogP contribution in [0.3, 0.4) is 0 Å². The number of nitrogens with zero attached hydrogens (tertiary/aromatic N) is 2. The molecule has 6 nitrogen and oxygen atoms in total. The lowest BCUT2D eigenvalue weighted by molar-refractivity contribution is 0.391. The van der Waals surface area contributed by atoms with Gasteiger partial charge in [-0.1, -0.05) is 30.3 Å². The van der Waals surface area contributed by atoms with Crippen LogP contribution >= 0.6 is 0 Å². The number of aromatic nitrogens is 1. The molecule has 0 fully saturated rings. The molecule has 1 heterocycles. The van der Waals surface area contributed by atoms with E-state index >= 15 is 0 Å². The van der Waals surface area contributed by atoms with Crippen LogP contribution in [0.15, 0.2) is 33.8 Å². The number of aliphatic imine (C=N–C) groups is 1. The molecule has 6 heteroatoms. The van der Waals surface area contributed by atoms with Crippen LogP contribution in [0.5, 0.6) is 5.75 Å². The Labute approximate surface area is 149 Å². The number of guanidine groups is 1. The van der Waals surface area contributed by atoms with Gasteiger partial charge in [-0.25, -0.2) is 4.99 Å². The highest BCUT2D eigenvalue weighted by molar-refractivity contribution is 5.79. The van der Waals surface area contributed by atoms with E-state index in [4.69, 9.17) is 9.26 Å². The van der Waals surface area contributed by atoms with Crippen molar-refractivity contribution in [1.29, 1.82) is 0 Å². The van der Waals surface area contributed by atoms with Crippen LogP contribution in [0.4, 0.5) is 0 Å². The molecule has 136 valence electrons. The Kier molecular flexibility index (Phi) is 6.86. The predicted molar refractivity (Wildman–Crippen MR) is 100 cm³/mol. The van der Waals surface area contributed by atoms with E-state index in [1.54, 1.807) is 7.11 Å². The minimum absolute atomic E-state index is 0.279. The second-order valence-electron chi connectivity index (χ2n) is 6.03. The summed E-state index contributed by atoms with van der Waals surface area (Å²) in [5.74, 6) is 2.79. The zero-order chi connectivity index (χ0) is 18.2. The van der Waals surface area contributed by atoms with Crippen molar-refractivity contribution in [3.63, 3.8) is 0 Å². The van der Waals surface area contributed by atoms with Crippen LogP contribution < -0.4 is 15.4 Å². The van der Waals surface area contributed by atoms with Crippen LogP contribution in [0, 0.1) is 13.8 Å². The van der Waals surface area contributed by atoms with Crippen molar-refractivity contribution in [2.24, 2.45) is 4.99 Å². The number of para-hydroxylation sites is 1. The van der Waals surface area contributed by atoms with E-state index in [1.807, 2.05) is 38.1 Å². The molecule has 0 amide bonds. The van der Waals surface area contributed by atoms with Crippen LogP contribution in [-0.2, 0) is 6.54 Å². The van der Waals surface area contributed by atoms with Crippen molar-refractivity contribution in [3.05, 3.63) is 46.8 Å². The first-order valence-corrected chi connectivity index (χ1v) is 8.63. The molecule has 0 bridgehead atoms. The van der Waals surface area contributed by atoms with Crippen LogP contribution in [-0.4, -0.2) is 31.3 Å². The maximum absolute atomic E-state index is 5.38. The molecule has 0 aliphatic carbocycles. The minimum Gasteiger partial charge on any atom is -0.496 e. The van der Waals surface area contributed by atoms with Gasteiger partial charge in [-0.15, -0.1) is 0 Å². The average molecular weight is 344 g/mol. The smallest absolute Gasteiger partial charge is 0.191 e. The highest BCUT2D eigenvalue weighted by Gasteiger charge is 2.16. The molecule has 25 heavy (non-hydrogen) atoms. The maximum atomic E-state index is 5.38. The predicted octanol–water partition coefficient (Wildman–Crippen LogP) is 3.16. The molecule has 2 N–H and O–H groups in total. The van der Waals surface area contributed by atoms with Gasteiger partial charge in [-0.3, -0.25) is 0 Å². The number of hydrogen-bond donors (Lipinski definition) is 2. The van der Waals surface area contributed by atoms with Gasteiger partial charge in [0.05, 0.1) is 19.3 Å². The fraction of sp³-hybridized carbons (Fsp3) is 0.474. The summed E-state index contributed by atoms with van der Waals surface area (Å²) in [4.78, 5) is 4.67. The highest BCUT2D eigenvalue weighted by Crippen LogP contribution is 2.22. The zero-order valence-electron chi connectivity index (χ0n) is 15.7. The van der Waals surface area contributed by atoms with Crippen molar-refractivity contribution in [2.75, 3.05) is 20.2 Å².